The Kier molecular flexibility index (Phi) is 7.11. The van der Waals surface area contributed by atoms with Crippen LogP contribution in [0.2, 0.25) is 0 Å². The number of benzene rings is 2. The van der Waals surface area contributed by atoms with Crippen LogP contribution in [0.15, 0.2) is 112 Å². The summed E-state index contributed by atoms with van der Waals surface area (Å²) in [6.45, 7) is 0.445. The van der Waals surface area contributed by atoms with E-state index in [1.807, 2.05) is 95.9 Å². The second-order valence-electron chi connectivity index (χ2n) is 8.06. The lowest BCUT2D eigenvalue weighted by Gasteiger charge is -2.25. The minimum absolute atomic E-state index is 0.0706. The monoisotopic (exact) mass is 500 g/mol. The summed E-state index contributed by atoms with van der Waals surface area (Å²) in [5.41, 5.74) is 1.64. The van der Waals surface area contributed by atoms with E-state index < -0.39 is 0 Å². The second kappa shape index (κ2) is 10.8. The lowest BCUT2D eigenvalue weighted by Crippen LogP contribution is -2.32. The molecule has 1 saturated heterocycles. The molecule has 1 aliphatic rings. The molecule has 2 atom stereocenters. The highest BCUT2D eigenvalue weighted by Gasteiger charge is 2.41. The number of thiocarbonyl (C=S) groups is 1. The Morgan fingerprint density at radius 1 is 1.00 bits per heavy atom. The van der Waals surface area contributed by atoms with Crippen molar-refractivity contribution in [3.8, 4) is 0 Å². The van der Waals surface area contributed by atoms with E-state index in [-0.39, 0.29) is 24.4 Å². The van der Waals surface area contributed by atoms with Gasteiger partial charge in [-0.05, 0) is 60.7 Å². The van der Waals surface area contributed by atoms with Gasteiger partial charge < -0.3 is 20.0 Å². The number of hydrogen-bond acceptors (Lipinski definition) is 5. The van der Waals surface area contributed by atoms with Crippen LogP contribution in [0.25, 0.3) is 0 Å². The molecular formula is C27H24N4O2S2. The molecule has 35 heavy (non-hydrogen) atoms. The first-order valence-electron chi connectivity index (χ1n) is 11.3. The molecule has 0 bridgehead atoms. The molecule has 5 rings (SSSR count). The molecular weight excluding hydrogens is 476 g/mol. The van der Waals surface area contributed by atoms with E-state index >= 15 is 0 Å². The minimum Gasteiger partial charge on any atom is -0.452 e. The van der Waals surface area contributed by atoms with Crippen molar-refractivity contribution in [1.82, 2.24) is 15.2 Å². The van der Waals surface area contributed by atoms with Crippen LogP contribution in [-0.4, -0.2) is 27.4 Å². The number of carbonyl (C=O) groups is 1. The van der Waals surface area contributed by atoms with E-state index in [0.717, 1.165) is 27.1 Å². The number of furan rings is 1. The van der Waals surface area contributed by atoms with Crippen LogP contribution < -0.4 is 10.6 Å². The summed E-state index contributed by atoms with van der Waals surface area (Å²) in [6.07, 6.45) is 2.06. The molecule has 3 heterocycles. The Morgan fingerprint density at radius 2 is 1.74 bits per heavy atom. The first kappa shape index (κ1) is 23.1. The van der Waals surface area contributed by atoms with E-state index in [0.29, 0.717) is 11.7 Å². The lowest BCUT2D eigenvalue weighted by atomic mass is 10.0. The van der Waals surface area contributed by atoms with Crippen LogP contribution >= 0.6 is 24.0 Å². The fourth-order valence-corrected chi connectivity index (χ4v) is 5.21. The predicted octanol–water partition coefficient (Wildman–Crippen LogP) is 5.83. The fraction of sp³-hybridized carbons (Fsp3) is 0.148. The molecule has 0 spiro atoms. The van der Waals surface area contributed by atoms with Gasteiger partial charge in [-0.2, -0.15) is 0 Å². The van der Waals surface area contributed by atoms with E-state index in [1.165, 1.54) is 0 Å². The minimum atomic E-state index is -0.230. The predicted molar refractivity (Wildman–Crippen MR) is 141 cm³/mol. The number of nitrogens with one attached hydrogen (secondary N) is 2. The van der Waals surface area contributed by atoms with E-state index in [1.54, 1.807) is 18.0 Å². The summed E-state index contributed by atoms with van der Waals surface area (Å²) in [5.74, 6) is 0.703. The van der Waals surface area contributed by atoms with Crippen molar-refractivity contribution in [3.63, 3.8) is 0 Å². The zero-order chi connectivity index (χ0) is 24.0. The van der Waals surface area contributed by atoms with Gasteiger partial charge in [-0.1, -0.05) is 54.2 Å². The van der Waals surface area contributed by atoms with Crippen LogP contribution in [0.3, 0.4) is 0 Å². The van der Waals surface area contributed by atoms with Crippen LogP contribution in [0, 0.1) is 0 Å². The first-order valence-corrected chi connectivity index (χ1v) is 12.6. The van der Waals surface area contributed by atoms with Crippen molar-refractivity contribution >= 4 is 40.7 Å². The summed E-state index contributed by atoms with van der Waals surface area (Å²) >= 11 is 7.26. The molecule has 1 aliphatic heterocycles. The van der Waals surface area contributed by atoms with Crippen LogP contribution in [-0.2, 0) is 4.79 Å². The molecule has 0 aliphatic carbocycles. The molecule has 4 aromatic rings. The molecule has 6 nitrogen and oxygen atoms in total. The van der Waals surface area contributed by atoms with Crippen molar-refractivity contribution in [2.24, 2.45) is 0 Å². The van der Waals surface area contributed by atoms with Gasteiger partial charge in [0.15, 0.2) is 10.2 Å². The molecule has 2 aromatic heterocycles. The number of aromatic nitrogens is 1. The zero-order valence-corrected chi connectivity index (χ0v) is 20.5. The molecule has 1 amide bonds. The van der Waals surface area contributed by atoms with Gasteiger partial charge in [0.2, 0.25) is 5.91 Å². The van der Waals surface area contributed by atoms with Crippen LogP contribution in [0.5, 0.6) is 0 Å². The highest BCUT2D eigenvalue weighted by atomic mass is 32.2. The quantitative estimate of drug-likeness (QED) is 0.295. The maximum absolute atomic E-state index is 12.6. The molecule has 2 N–H and O–H groups in total. The van der Waals surface area contributed by atoms with Crippen molar-refractivity contribution in [1.29, 1.82) is 0 Å². The van der Waals surface area contributed by atoms with E-state index in [4.69, 9.17) is 16.6 Å². The summed E-state index contributed by atoms with van der Waals surface area (Å²) in [7, 11) is 0. The van der Waals surface area contributed by atoms with Crippen molar-refractivity contribution < 1.29 is 9.21 Å². The molecule has 1 fully saturated rings. The summed E-state index contributed by atoms with van der Waals surface area (Å²) in [5, 5.41) is 7.71. The lowest BCUT2D eigenvalue weighted by molar-refractivity contribution is -0.116. The van der Waals surface area contributed by atoms with Gasteiger partial charge in [0, 0.05) is 29.7 Å². The largest absolute Gasteiger partial charge is 0.452 e. The third-order valence-electron chi connectivity index (χ3n) is 5.69. The van der Waals surface area contributed by atoms with E-state index in [9.17, 15) is 4.79 Å². The number of para-hydroxylation sites is 1. The van der Waals surface area contributed by atoms with Gasteiger partial charge in [-0.25, -0.2) is 0 Å². The summed E-state index contributed by atoms with van der Waals surface area (Å²) in [6, 6.07) is 28.9. The third kappa shape index (κ3) is 5.55. The highest BCUT2D eigenvalue weighted by molar-refractivity contribution is 7.99. The number of pyridine rings is 1. The Balaban J connectivity index is 1.36. The maximum Gasteiger partial charge on any atom is 0.226 e. The van der Waals surface area contributed by atoms with E-state index in [2.05, 4.69) is 15.6 Å². The average Bonchev–Trinajstić information content (AvgIpc) is 3.48. The third-order valence-corrected chi connectivity index (χ3v) is 6.97. The fourth-order valence-electron chi connectivity index (χ4n) is 4.08. The van der Waals surface area contributed by atoms with Crippen LogP contribution in [0.1, 0.15) is 30.0 Å². The first-order chi connectivity index (χ1) is 17.2. The molecule has 0 radical (unpaired) electrons. The van der Waals surface area contributed by atoms with Gasteiger partial charge in [0.05, 0.1) is 11.7 Å². The molecule has 176 valence electrons. The number of hydrogen-bond donors (Lipinski definition) is 2. The highest BCUT2D eigenvalue weighted by Crippen LogP contribution is 2.41. The molecule has 0 saturated carbocycles. The number of rotatable bonds is 8. The van der Waals surface area contributed by atoms with Crippen molar-refractivity contribution in [2.45, 2.75) is 28.5 Å². The maximum atomic E-state index is 12.6. The van der Waals surface area contributed by atoms with Gasteiger partial charge >= 0.3 is 0 Å². The normalized spacial score (nSPS) is 17.3. The standard InChI is InChI=1S/C27H24N4O2S2/c32-23(29-19-9-3-1-4-10-19)16-18-31-26(25(30-27(31)34)21-13-7-8-17-28-21)22-14-15-24(33-22)35-20-11-5-2-6-12-20/h1-15,17,25-26H,16,18H2,(H,29,32)(H,30,34). The Hall–Kier alpha value is -3.62. The van der Waals surface area contributed by atoms with Gasteiger partial charge in [0.1, 0.15) is 11.8 Å². The number of nitrogens with zero attached hydrogens (tertiary/aromatic N) is 2. The van der Waals surface area contributed by atoms with Gasteiger partial charge in [0.25, 0.3) is 0 Å². The smallest absolute Gasteiger partial charge is 0.226 e. The Labute approximate surface area is 213 Å². The SMILES string of the molecule is O=C(CCN1C(=S)NC(c2ccccn2)C1c1ccc(Sc2ccccc2)o1)Nc1ccccc1. The summed E-state index contributed by atoms with van der Waals surface area (Å²) < 4.78 is 6.30. The summed E-state index contributed by atoms with van der Waals surface area (Å²) in [4.78, 5) is 20.3. The van der Waals surface area contributed by atoms with Crippen LogP contribution in [0.4, 0.5) is 5.69 Å². The van der Waals surface area contributed by atoms with Gasteiger partial charge in [-0.15, -0.1) is 0 Å². The number of amides is 1. The van der Waals surface area contributed by atoms with Crippen molar-refractivity contribution in [3.05, 3.63) is 109 Å². The Bertz CT molecular complexity index is 1280. The second-order valence-corrected chi connectivity index (χ2v) is 9.52. The number of carbonyl (C=O) groups excluding carboxylic acids is 1. The number of anilines is 1. The average molecular weight is 501 g/mol. The molecule has 2 aromatic carbocycles. The topological polar surface area (TPSA) is 70.4 Å². The van der Waals surface area contributed by atoms with Crippen molar-refractivity contribution in [2.75, 3.05) is 11.9 Å². The zero-order valence-electron chi connectivity index (χ0n) is 18.8. The Morgan fingerprint density at radius 3 is 2.49 bits per heavy atom. The molecule has 2 unspecified atom stereocenters. The molecule has 8 heteroatoms. The van der Waals surface area contributed by atoms with Gasteiger partial charge in [-0.3, -0.25) is 9.78 Å².